The number of benzene rings is 2. The number of hydrogen-bond acceptors (Lipinski definition) is 4. The maximum absolute atomic E-state index is 12.4. The molecule has 0 aliphatic heterocycles. The van der Waals surface area contributed by atoms with Crippen LogP contribution >= 0.6 is 11.6 Å². The summed E-state index contributed by atoms with van der Waals surface area (Å²) in [5, 5.41) is 3.25. The normalized spacial score (nSPS) is 11.4. The molecule has 2 aromatic rings. The standard InChI is InChI=1S/C18H21ClN2O4S/c1-3-21(4-2)26(23,24)17-11-7-15(8-12-17)20-18(22)13-25-16-9-5-14(19)6-10-16/h5-12H,3-4,13H2,1-2H3,(H,20,22). The van der Waals surface area contributed by atoms with E-state index in [1.165, 1.54) is 16.4 Å². The first-order valence-corrected chi connectivity index (χ1v) is 9.97. The number of nitrogens with zero attached hydrogens (tertiary/aromatic N) is 1. The third-order valence-electron chi connectivity index (χ3n) is 3.66. The van der Waals surface area contributed by atoms with E-state index in [2.05, 4.69) is 5.32 Å². The van der Waals surface area contributed by atoms with Gasteiger partial charge in [0, 0.05) is 23.8 Å². The van der Waals surface area contributed by atoms with E-state index in [9.17, 15) is 13.2 Å². The number of rotatable bonds is 8. The Labute approximate surface area is 158 Å². The Bertz CT molecular complexity index is 832. The maximum atomic E-state index is 12.4. The van der Waals surface area contributed by atoms with Crippen LogP contribution in [-0.2, 0) is 14.8 Å². The summed E-state index contributed by atoms with van der Waals surface area (Å²) in [6, 6.07) is 12.7. The largest absolute Gasteiger partial charge is 0.484 e. The van der Waals surface area contributed by atoms with Gasteiger partial charge in [-0.2, -0.15) is 4.31 Å². The molecule has 0 unspecified atom stereocenters. The van der Waals surface area contributed by atoms with Crippen molar-refractivity contribution in [3.63, 3.8) is 0 Å². The van der Waals surface area contributed by atoms with Crippen LogP contribution in [0.5, 0.6) is 5.75 Å². The van der Waals surface area contributed by atoms with Crippen molar-refractivity contribution in [1.82, 2.24) is 4.31 Å². The summed E-state index contributed by atoms with van der Waals surface area (Å²) in [7, 11) is -3.51. The fraction of sp³-hybridized carbons (Fsp3) is 0.278. The summed E-state index contributed by atoms with van der Waals surface area (Å²) in [5.74, 6) is 0.185. The quantitative estimate of drug-likeness (QED) is 0.742. The van der Waals surface area contributed by atoms with Crippen molar-refractivity contribution in [2.45, 2.75) is 18.7 Å². The van der Waals surface area contributed by atoms with Crippen LogP contribution in [0.25, 0.3) is 0 Å². The zero-order valence-corrected chi connectivity index (χ0v) is 16.2. The number of hydrogen-bond donors (Lipinski definition) is 1. The van der Waals surface area contributed by atoms with Gasteiger partial charge in [0.05, 0.1) is 4.90 Å². The van der Waals surface area contributed by atoms with Crippen LogP contribution < -0.4 is 10.1 Å². The Kier molecular flexibility index (Phi) is 7.02. The van der Waals surface area contributed by atoms with Crippen molar-refractivity contribution in [3.05, 3.63) is 53.6 Å². The first-order chi connectivity index (χ1) is 12.4. The molecule has 2 rings (SSSR count). The van der Waals surface area contributed by atoms with Gasteiger partial charge in [0.15, 0.2) is 6.61 Å². The van der Waals surface area contributed by atoms with Gasteiger partial charge in [-0.3, -0.25) is 4.79 Å². The van der Waals surface area contributed by atoms with Crippen LogP contribution in [0.2, 0.25) is 5.02 Å². The fourth-order valence-corrected chi connectivity index (χ4v) is 3.88. The Hall–Kier alpha value is -2.09. The second kappa shape index (κ2) is 9.02. The second-order valence-electron chi connectivity index (χ2n) is 5.40. The van der Waals surface area contributed by atoms with Crippen molar-refractivity contribution < 1.29 is 17.9 Å². The molecule has 0 radical (unpaired) electrons. The minimum absolute atomic E-state index is 0.166. The number of halogens is 1. The van der Waals surface area contributed by atoms with Gasteiger partial charge in [0.25, 0.3) is 5.91 Å². The number of ether oxygens (including phenoxy) is 1. The lowest BCUT2D eigenvalue weighted by Crippen LogP contribution is -2.30. The molecule has 0 bridgehead atoms. The molecule has 2 aromatic carbocycles. The van der Waals surface area contributed by atoms with Crippen molar-refractivity contribution in [2.75, 3.05) is 25.0 Å². The van der Waals surface area contributed by atoms with Gasteiger partial charge in [0.1, 0.15) is 5.75 Å². The van der Waals surface area contributed by atoms with Crippen molar-refractivity contribution in [1.29, 1.82) is 0 Å². The van der Waals surface area contributed by atoms with Crippen molar-refractivity contribution in [3.8, 4) is 5.75 Å². The summed E-state index contributed by atoms with van der Waals surface area (Å²) < 4.78 is 31.6. The number of anilines is 1. The lowest BCUT2D eigenvalue weighted by atomic mass is 10.3. The van der Waals surface area contributed by atoms with E-state index in [-0.39, 0.29) is 17.4 Å². The second-order valence-corrected chi connectivity index (χ2v) is 7.78. The first kappa shape index (κ1) is 20.2. The Balaban J connectivity index is 1.96. The lowest BCUT2D eigenvalue weighted by molar-refractivity contribution is -0.118. The van der Waals surface area contributed by atoms with Gasteiger partial charge in [-0.25, -0.2) is 8.42 Å². The zero-order valence-electron chi connectivity index (χ0n) is 14.6. The Morgan fingerprint density at radius 1 is 1.04 bits per heavy atom. The summed E-state index contributed by atoms with van der Waals surface area (Å²) in [5.41, 5.74) is 0.494. The van der Waals surface area contributed by atoms with Gasteiger partial charge in [-0.05, 0) is 48.5 Å². The third-order valence-corrected chi connectivity index (χ3v) is 5.98. The first-order valence-electron chi connectivity index (χ1n) is 8.15. The summed E-state index contributed by atoms with van der Waals surface area (Å²) >= 11 is 5.78. The molecule has 1 amide bonds. The minimum Gasteiger partial charge on any atom is -0.484 e. The van der Waals surface area contributed by atoms with E-state index in [0.29, 0.717) is 29.5 Å². The Morgan fingerprint density at radius 2 is 1.62 bits per heavy atom. The molecule has 0 saturated carbocycles. The average Bonchev–Trinajstić information content (AvgIpc) is 2.62. The molecular weight excluding hydrogens is 376 g/mol. The third kappa shape index (κ3) is 5.20. The smallest absolute Gasteiger partial charge is 0.262 e. The van der Waals surface area contributed by atoms with Gasteiger partial charge < -0.3 is 10.1 Å². The van der Waals surface area contributed by atoms with Crippen LogP contribution in [-0.4, -0.2) is 38.3 Å². The molecule has 140 valence electrons. The summed E-state index contributed by atoms with van der Waals surface area (Å²) in [6.07, 6.45) is 0. The molecule has 0 aromatic heterocycles. The van der Waals surface area contributed by atoms with Gasteiger partial charge in [-0.15, -0.1) is 0 Å². The highest BCUT2D eigenvalue weighted by Gasteiger charge is 2.21. The number of carbonyl (C=O) groups is 1. The molecule has 0 aliphatic rings. The molecule has 0 fully saturated rings. The van der Waals surface area contributed by atoms with Crippen LogP contribution in [0.15, 0.2) is 53.4 Å². The molecule has 1 N–H and O–H groups in total. The molecule has 0 heterocycles. The molecule has 0 saturated heterocycles. The molecule has 6 nitrogen and oxygen atoms in total. The molecule has 0 spiro atoms. The van der Waals surface area contributed by atoms with E-state index in [0.717, 1.165) is 0 Å². The predicted octanol–water partition coefficient (Wildman–Crippen LogP) is 3.39. The number of carbonyl (C=O) groups excluding carboxylic acids is 1. The van der Waals surface area contributed by atoms with E-state index in [4.69, 9.17) is 16.3 Å². The van der Waals surface area contributed by atoms with Gasteiger partial charge in [-0.1, -0.05) is 25.4 Å². The number of nitrogens with one attached hydrogen (secondary N) is 1. The van der Waals surface area contributed by atoms with Crippen molar-refractivity contribution in [2.24, 2.45) is 0 Å². The predicted molar refractivity (Wildman–Crippen MR) is 102 cm³/mol. The van der Waals surface area contributed by atoms with Crippen LogP contribution in [0, 0.1) is 0 Å². The number of amides is 1. The van der Waals surface area contributed by atoms with E-state index < -0.39 is 10.0 Å². The minimum atomic E-state index is -3.51. The van der Waals surface area contributed by atoms with E-state index in [1.54, 1.807) is 50.2 Å². The van der Waals surface area contributed by atoms with E-state index in [1.807, 2.05) is 0 Å². The van der Waals surface area contributed by atoms with Crippen LogP contribution in [0.4, 0.5) is 5.69 Å². The molecule has 0 atom stereocenters. The molecule has 0 aliphatic carbocycles. The fourth-order valence-electron chi connectivity index (χ4n) is 2.30. The molecular formula is C18H21ClN2O4S. The van der Waals surface area contributed by atoms with Crippen LogP contribution in [0.1, 0.15) is 13.8 Å². The highest BCUT2D eigenvalue weighted by molar-refractivity contribution is 7.89. The maximum Gasteiger partial charge on any atom is 0.262 e. The molecule has 8 heteroatoms. The highest BCUT2D eigenvalue weighted by atomic mass is 35.5. The summed E-state index contributed by atoms with van der Waals surface area (Å²) in [6.45, 7) is 4.21. The zero-order chi connectivity index (χ0) is 19.2. The topological polar surface area (TPSA) is 75.7 Å². The lowest BCUT2D eigenvalue weighted by Gasteiger charge is -2.18. The van der Waals surface area contributed by atoms with Gasteiger partial charge >= 0.3 is 0 Å². The Morgan fingerprint density at radius 3 is 2.15 bits per heavy atom. The monoisotopic (exact) mass is 396 g/mol. The van der Waals surface area contributed by atoms with Crippen LogP contribution in [0.3, 0.4) is 0 Å². The summed E-state index contributed by atoms with van der Waals surface area (Å²) in [4.78, 5) is 12.1. The number of sulfonamides is 1. The average molecular weight is 397 g/mol. The van der Waals surface area contributed by atoms with Gasteiger partial charge in [0.2, 0.25) is 10.0 Å². The van der Waals surface area contributed by atoms with E-state index >= 15 is 0 Å². The molecule has 26 heavy (non-hydrogen) atoms. The highest BCUT2D eigenvalue weighted by Crippen LogP contribution is 2.19. The van der Waals surface area contributed by atoms with Crippen molar-refractivity contribution >= 4 is 33.2 Å². The SMILES string of the molecule is CCN(CC)S(=O)(=O)c1ccc(NC(=O)COc2ccc(Cl)cc2)cc1.